The molecular formula is C24H26N16O4. The van der Waals surface area contributed by atoms with Crippen LogP contribution >= 0.6 is 0 Å². The largest absolute Gasteiger partial charge is 0.465 e. The topological polar surface area (TPSA) is 251 Å². The molecule has 0 saturated carbocycles. The average Bonchev–Trinajstić information content (AvgIpc) is 3.74. The van der Waals surface area contributed by atoms with Crippen LogP contribution in [0.1, 0.15) is 32.1 Å². The van der Waals surface area contributed by atoms with E-state index in [9.17, 15) is 9.59 Å². The third kappa shape index (κ3) is 5.10. The Labute approximate surface area is 248 Å². The highest BCUT2D eigenvalue weighted by Gasteiger charge is 2.21. The van der Waals surface area contributed by atoms with Crippen molar-refractivity contribution in [3.63, 3.8) is 0 Å². The summed E-state index contributed by atoms with van der Waals surface area (Å²) in [5.74, 6) is -0.0202. The van der Waals surface area contributed by atoms with E-state index in [2.05, 4.69) is 51.0 Å². The van der Waals surface area contributed by atoms with E-state index < -0.39 is 11.9 Å². The average molecular weight is 603 g/mol. The van der Waals surface area contributed by atoms with Crippen LogP contribution in [0, 0.1) is 13.8 Å². The number of ether oxygens (including phenoxy) is 2. The molecule has 0 spiro atoms. The quantitative estimate of drug-likeness (QED) is 0.192. The lowest BCUT2D eigenvalue weighted by atomic mass is 10.3. The maximum Gasteiger partial charge on any atom is 0.343 e. The predicted molar refractivity (Wildman–Crippen MR) is 152 cm³/mol. The van der Waals surface area contributed by atoms with E-state index in [-0.39, 0.29) is 57.4 Å². The van der Waals surface area contributed by atoms with E-state index >= 15 is 0 Å². The monoisotopic (exact) mass is 602 g/mol. The molecule has 20 nitrogen and oxygen atoms in total. The molecule has 0 bridgehead atoms. The van der Waals surface area contributed by atoms with Gasteiger partial charge >= 0.3 is 11.9 Å². The van der Waals surface area contributed by atoms with Crippen LogP contribution < -0.4 is 11.5 Å². The Kier molecular flexibility index (Phi) is 7.62. The van der Waals surface area contributed by atoms with Crippen molar-refractivity contribution < 1.29 is 19.1 Å². The van der Waals surface area contributed by atoms with Gasteiger partial charge in [0.25, 0.3) is 0 Å². The van der Waals surface area contributed by atoms with Crippen molar-refractivity contribution in [2.75, 3.05) is 25.7 Å². The van der Waals surface area contributed by atoms with Crippen molar-refractivity contribution in [2.24, 2.45) is 34.6 Å². The highest BCUT2D eigenvalue weighted by atomic mass is 16.5. The summed E-state index contributed by atoms with van der Waals surface area (Å²) in [6.45, 7) is 3.38. The molecule has 4 N–H and O–H groups in total. The molecule has 5 rings (SSSR count). The fourth-order valence-electron chi connectivity index (χ4n) is 4.02. The van der Waals surface area contributed by atoms with Crippen molar-refractivity contribution >= 4 is 46.6 Å². The number of rotatable bonds is 8. The van der Waals surface area contributed by atoms with Crippen LogP contribution in [0.5, 0.6) is 0 Å². The zero-order valence-electron chi connectivity index (χ0n) is 24.4. The number of hydrogen-bond donors (Lipinski definition) is 2. The van der Waals surface area contributed by atoms with Crippen LogP contribution in [-0.2, 0) is 23.6 Å². The van der Waals surface area contributed by atoms with Gasteiger partial charge in [-0.15, -0.1) is 30.7 Å². The zero-order chi connectivity index (χ0) is 31.7. The number of aryl methyl sites for hydroxylation is 4. The van der Waals surface area contributed by atoms with E-state index in [1.165, 1.54) is 45.3 Å². The highest BCUT2D eigenvalue weighted by molar-refractivity contribution is 5.94. The van der Waals surface area contributed by atoms with Gasteiger partial charge in [-0.2, -0.15) is 29.8 Å². The van der Waals surface area contributed by atoms with Gasteiger partial charge in [0.15, 0.2) is 46.3 Å². The standard InChI is InChI=1S/C24H26N16O4/c1-11-17(31-33-21-13(23(41)43-5)9-27-37(21)3)19(25)39(35-11)15-7-8-16(30-29-15)40-20(26)18(12(2)36-40)32-34-22-14(24(42)44-6)10-28-38(22)4/h7-10H,25-26H2,1-6H3. The van der Waals surface area contributed by atoms with Gasteiger partial charge in [0.1, 0.15) is 11.1 Å². The third-order valence-electron chi connectivity index (χ3n) is 6.31. The first-order valence-electron chi connectivity index (χ1n) is 12.6. The summed E-state index contributed by atoms with van der Waals surface area (Å²) in [5, 5.41) is 42.0. The Morgan fingerprint density at radius 1 is 0.705 bits per heavy atom. The van der Waals surface area contributed by atoms with Crippen molar-refractivity contribution in [2.45, 2.75) is 13.8 Å². The first kappa shape index (κ1) is 29.2. The number of anilines is 2. The van der Waals surface area contributed by atoms with Crippen molar-refractivity contribution in [3.8, 4) is 11.6 Å². The van der Waals surface area contributed by atoms with Crippen molar-refractivity contribution in [1.29, 1.82) is 0 Å². The number of nitrogen functional groups attached to an aromatic ring is 2. The molecule has 5 heterocycles. The van der Waals surface area contributed by atoms with Crippen LogP contribution in [0.4, 0.5) is 34.6 Å². The minimum atomic E-state index is -0.605. The normalized spacial score (nSPS) is 11.6. The summed E-state index contributed by atoms with van der Waals surface area (Å²) in [6, 6.07) is 3.22. The number of carbonyl (C=O) groups is 2. The van der Waals surface area contributed by atoms with Gasteiger partial charge < -0.3 is 20.9 Å². The molecule has 226 valence electrons. The molecule has 44 heavy (non-hydrogen) atoms. The van der Waals surface area contributed by atoms with Crippen LogP contribution in [0.2, 0.25) is 0 Å². The maximum absolute atomic E-state index is 12.0. The smallest absolute Gasteiger partial charge is 0.343 e. The molecule has 0 aromatic carbocycles. The summed E-state index contributed by atoms with van der Waals surface area (Å²) in [6.07, 6.45) is 2.66. The second-order valence-corrected chi connectivity index (χ2v) is 9.11. The molecule has 0 unspecified atom stereocenters. The number of methoxy groups -OCH3 is 2. The van der Waals surface area contributed by atoms with Crippen molar-refractivity contribution in [3.05, 3.63) is 47.0 Å². The Balaban J connectivity index is 1.41. The van der Waals surface area contributed by atoms with Crippen molar-refractivity contribution in [1.82, 2.24) is 49.3 Å². The van der Waals surface area contributed by atoms with Gasteiger partial charge in [-0.05, 0) is 26.0 Å². The lowest BCUT2D eigenvalue weighted by molar-refractivity contribution is 0.0592. The molecule has 0 aliphatic heterocycles. The number of carbonyl (C=O) groups excluding carboxylic acids is 2. The molecule has 5 aromatic heterocycles. The van der Waals surface area contributed by atoms with Crippen LogP contribution in [0.3, 0.4) is 0 Å². The molecule has 0 aliphatic rings. The molecule has 0 fully saturated rings. The van der Waals surface area contributed by atoms with E-state index in [0.29, 0.717) is 11.4 Å². The minimum absolute atomic E-state index is 0.133. The minimum Gasteiger partial charge on any atom is -0.465 e. The number of aromatic nitrogens is 10. The van der Waals surface area contributed by atoms with Gasteiger partial charge in [0.05, 0.1) is 38.0 Å². The number of azo groups is 2. The van der Waals surface area contributed by atoms with E-state index in [4.69, 9.17) is 20.9 Å². The molecule has 0 atom stereocenters. The Morgan fingerprint density at radius 3 is 1.43 bits per heavy atom. The van der Waals surface area contributed by atoms with Gasteiger partial charge in [0, 0.05) is 14.1 Å². The molecule has 5 aromatic rings. The molecule has 0 radical (unpaired) electrons. The number of nitrogens with two attached hydrogens (primary N) is 2. The third-order valence-corrected chi connectivity index (χ3v) is 6.31. The molecular weight excluding hydrogens is 576 g/mol. The zero-order valence-corrected chi connectivity index (χ0v) is 24.4. The molecule has 0 saturated heterocycles. The van der Waals surface area contributed by atoms with E-state index in [1.54, 1.807) is 40.1 Å². The summed E-state index contributed by atoms with van der Waals surface area (Å²) in [5.41, 5.74) is 14.4. The highest BCUT2D eigenvalue weighted by Crippen LogP contribution is 2.33. The summed E-state index contributed by atoms with van der Waals surface area (Å²) in [7, 11) is 5.74. The molecule has 0 amide bonds. The van der Waals surface area contributed by atoms with E-state index in [1.807, 2.05) is 0 Å². The van der Waals surface area contributed by atoms with Gasteiger partial charge in [-0.25, -0.2) is 19.0 Å². The van der Waals surface area contributed by atoms with Gasteiger partial charge in [0.2, 0.25) is 0 Å². The number of nitrogens with zero attached hydrogens (tertiary/aromatic N) is 14. The fraction of sp³-hybridized carbons (Fsp3) is 0.250. The lowest BCUT2D eigenvalue weighted by Crippen LogP contribution is -2.09. The second-order valence-electron chi connectivity index (χ2n) is 9.11. The first-order valence-corrected chi connectivity index (χ1v) is 12.6. The summed E-state index contributed by atoms with van der Waals surface area (Å²) < 4.78 is 15.0. The summed E-state index contributed by atoms with van der Waals surface area (Å²) >= 11 is 0. The lowest BCUT2D eigenvalue weighted by Gasteiger charge is -2.05. The molecule has 0 aliphatic carbocycles. The molecule has 20 heteroatoms. The Hall–Kier alpha value is -6.34. The van der Waals surface area contributed by atoms with Crippen LogP contribution in [0.25, 0.3) is 11.6 Å². The predicted octanol–water partition coefficient (Wildman–Crippen LogP) is 2.50. The number of esters is 2. The van der Waals surface area contributed by atoms with Crippen LogP contribution in [0.15, 0.2) is 45.0 Å². The number of hydrogen-bond acceptors (Lipinski definition) is 16. The second kappa shape index (κ2) is 11.5. The SMILES string of the molecule is COC(=O)c1cnn(C)c1N=Nc1c(C)nn(-c2ccc(-n3nc(C)c(N=Nc4c(C(=O)OC)cnn4C)c3N)nn2)c1N. The summed E-state index contributed by atoms with van der Waals surface area (Å²) in [4.78, 5) is 24.0. The Morgan fingerprint density at radius 2 is 1.09 bits per heavy atom. The maximum atomic E-state index is 12.0. The first-order chi connectivity index (χ1) is 21.0. The van der Waals surface area contributed by atoms with Crippen LogP contribution in [-0.4, -0.2) is 75.5 Å². The van der Waals surface area contributed by atoms with E-state index in [0.717, 1.165) is 0 Å². The Bertz CT molecular complexity index is 1800. The fourth-order valence-corrected chi connectivity index (χ4v) is 4.02. The van der Waals surface area contributed by atoms with Gasteiger partial charge in [-0.1, -0.05) is 0 Å². The van der Waals surface area contributed by atoms with Gasteiger partial charge in [-0.3, -0.25) is 0 Å².